The number of benzene rings is 2. The molecule has 2 aromatic carbocycles. The number of amides is 1. The first-order valence-electron chi connectivity index (χ1n) is 9.12. The van der Waals surface area contributed by atoms with Gasteiger partial charge in [0.15, 0.2) is 6.10 Å². The maximum absolute atomic E-state index is 13.1. The van der Waals surface area contributed by atoms with Gasteiger partial charge >= 0.3 is 5.97 Å². The van der Waals surface area contributed by atoms with E-state index in [0.717, 1.165) is 12.1 Å². The zero-order valence-electron chi connectivity index (χ0n) is 15.6. The number of ketones is 1. The van der Waals surface area contributed by atoms with Crippen LogP contribution in [-0.4, -0.2) is 36.2 Å². The highest BCUT2D eigenvalue weighted by Gasteiger charge is 2.38. The summed E-state index contributed by atoms with van der Waals surface area (Å²) in [5.74, 6) is -2.65. The topological polar surface area (TPSA) is 63.7 Å². The van der Waals surface area contributed by atoms with Crippen LogP contribution in [0.5, 0.6) is 0 Å². The largest absolute Gasteiger partial charge is 0.454 e. The van der Waals surface area contributed by atoms with Gasteiger partial charge in [-0.05, 0) is 36.4 Å². The average Bonchev–Trinajstić information content (AvgIpc) is 3.11. The molecule has 30 heavy (non-hydrogen) atoms. The lowest BCUT2D eigenvalue weighted by Gasteiger charge is -2.20. The number of alkyl halides is 1. The van der Waals surface area contributed by atoms with Crippen LogP contribution in [0.1, 0.15) is 23.2 Å². The molecule has 0 radical (unpaired) electrons. The first kappa shape index (κ1) is 22.5. The van der Waals surface area contributed by atoms with Crippen molar-refractivity contribution in [1.29, 1.82) is 0 Å². The molecule has 1 amide bonds. The smallest absolute Gasteiger partial charge is 0.312 e. The van der Waals surface area contributed by atoms with Gasteiger partial charge in [0, 0.05) is 30.8 Å². The van der Waals surface area contributed by atoms with E-state index in [0.29, 0.717) is 10.7 Å². The maximum Gasteiger partial charge on any atom is 0.312 e. The van der Waals surface area contributed by atoms with E-state index in [9.17, 15) is 18.8 Å². The van der Waals surface area contributed by atoms with E-state index in [2.05, 4.69) is 0 Å². The summed E-state index contributed by atoms with van der Waals surface area (Å²) in [4.78, 5) is 39.2. The molecule has 2 aromatic rings. The molecule has 0 bridgehead atoms. The second-order valence-electron chi connectivity index (χ2n) is 6.75. The molecule has 0 aromatic heterocycles. The first-order valence-corrected chi connectivity index (χ1v) is 10.4. The van der Waals surface area contributed by atoms with Crippen molar-refractivity contribution in [3.05, 3.63) is 63.9 Å². The standard InChI is InChI=1S/C21H17Cl3FNO4/c22-9-8-17(20(28)12-4-6-14(25)7-5-12)30-21(29)13-10-18(27)26(11-13)16-3-1-2-15(23)19(16)24/h1-7,13,17H,8-11H2/t13-,17-/m0/s1. The third-order valence-electron chi connectivity index (χ3n) is 4.73. The van der Waals surface area contributed by atoms with Gasteiger partial charge in [-0.15, -0.1) is 11.6 Å². The minimum atomic E-state index is -1.13. The molecule has 0 N–H and O–H groups in total. The fraction of sp³-hybridized carbons (Fsp3) is 0.286. The monoisotopic (exact) mass is 471 g/mol. The van der Waals surface area contributed by atoms with E-state index in [4.69, 9.17) is 39.5 Å². The van der Waals surface area contributed by atoms with Crippen LogP contribution in [0, 0.1) is 11.7 Å². The molecule has 9 heteroatoms. The number of ether oxygens (including phenoxy) is 1. The summed E-state index contributed by atoms with van der Waals surface area (Å²) in [6.45, 7) is 0.0516. The van der Waals surface area contributed by atoms with Crippen LogP contribution >= 0.6 is 34.8 Å². The lowest BCUT2D eigenvalue weighted by atomic mass is 10.0. The number of hydrogen-bond donors (Lipinski definition) is 0. The van der Waals surface area contributed by atoms with Crippen molar-refractivity contribution in [2.75, 3.05) is 17.3 Å². The summed E-state index contributed by atoms with van der Waals surface area (Å²) in [6.07, 6.45) is -1.12. The Morgan fingerprint density at radius 1 is 1.17 bits per heavy atom. The van der Waals surface area contributed by atoms with Gasteiger partial charge in [-0.25, -0.2) is 4.39 Å². The number of esters is 1. The molecule has 5 nitrogen and oxygen atoms in total. The number of nitrogens with zero attached hydrogens (tertiary/aromatic N) is 1. The van der Waals surface area contributed by atoms with E-state index in [1.165, 1.54) is 17.0 Å². The molecular formula is C21H17Cl3FNO4. The number of halogens is 4. The van der Waals surface area contributed by atoms with Crippen LogP contribution in [-0.2, 0) is 14.3 Å². The van der Waals surface area contributed by atoms with Crippen LogP contribution in [0.4, 0.5) is 10.1 Å². The van der Waals surface area contributed by atoms with Gasteiger partial charge < -0.3 is 9.64 Å². The molecule has 2 atom stereocenters. The number of hydrogen-bond acceptors (Lipinski definition) is 4. The molecule has 1 fully saturated rings. The normalized spacial score (nSPS) is 17.1. The molecule has 0 saturated carbocycles. The van der Waals surface area contributed by atoms with E-state index in [1.807, 2.05) is 0 Å². The highest BCUT2D eigenvalue weighted by Crippen LogP contribution is 2.36. The van der Waals surface area contributed by atoms with Gasteiger partial charge in [-0.1, -0.05) is 29.3 Å². The van der Waals surface area contributed by atoms with Crippen molar-refractivity contribution in [2.24, 2.45) is 5.92 Å². The predicted octanol–water partition coefficient (Wildman–Crippen LogP) is 4.91. The quantitative estimate of drug-likeness (QED) is 0.326. The van der Waals surface area contributed by atoms with E-state index in [1.54, 1.807) is 18.2 Å². The second kappa shape index (κ2) is 9.77. The molecule has 3 rings (SSSR count). The predicted molar refractivity (Wildman–Crippen MR) is 113 cm³/mol. The highest BCUT2D eigenvalue weighted by atomic mass is 35.5. The number of Topliss-reactive ketones (excluding diaryl/α,β-unsaturated/α-hetero) is 1. The Morgan fingerprint density at radius 2 is 1.87 bits per heavy atom. The summed E-state index contributed by atoms with van der Waals surface area (Å²) < 4.78 is 18.5. The van der Waals surface area contributed by atoms with Crippen molar-refractivity contribution in [3.8, 4) is 0 Å². The van der Waals surface area contributed by atoms with Gasteiger partial charge in [0.2, 0.25) is 11.7 Å². The molecule has 158 valence electrons. The summed E-state index contributed by atoms with van der Waals surface area (Å²) in [7, 11) is 0. The molecule has 1 heterocycles. The van der Waals surface area contributed by atoms with Crippen molar-refractivity contribution in [1.82, 2.24) is 0 Å². The molecule has 1 aliphatic rings. The van der Waals surface area contributed by atoms with Gasteiger partial charge in [0.1, 0.15) is 5.82 Å². The Kier molecular flexibility index (Phi) is 7.34. The average molecular weight is 473 g/mol. The summed E-state index contributed by atoms with van der Waals surface area (Å²) in [5, 5.41) is 0.508. The third kappa shape index (κ3) is 4.94. The SMILES string of the molecule is O=C(O[C@@H](CCCl)C(=O)c1ccc(F)cc1)[C@H]1CC(=O)N(c2cccc(Cl)c2Cl)C1. The molecule has 0 aliphatic carbocycles. The number of carbonyl (C=O) groups is 3. The molecule has 0 unspecified atom stereocenters. The van der Waals surface area contributed by atoms with Crippen LogP contribution in [0.15, 0.2) is 42.5 Å². The van der Waals surface area contributed by atoms with Crippen molar-refractivity contribution >= 4 is 58.1 Å². The van der Waals surface area contributed by atoms with E-state index < -0.39 is 29.6 Å². The van der Waals surface area contributed by atoms with Crippen molar-refractivity contribution < 1.29 is 23.5 Å². The molecule has 1 aliphatic heterocycles. The fourth-order valence-corrected chi connectivity index (χ4v) is 3.77. The Labute approximate surface area is 187 Å². The third-order valence-corrected chi connectivity index (χ3v) is 5.76. The Morgan fingerprint density at radius 3 is 2.53 bits per heavy atom. The van der Waals surface area contributed by atoms with Crippen LogP contribution < -0.4 is 4.90 Å². The second-order valence-corrected chi connectivity index (χ2v) is 7.92. The summed E-state index contributed by atoms with van der Waals surface area (Å²) in [6, 6.07) is 9.81. The summed E-state index contributed by atoms with van der Waals surface area (Å²) >= 11 is 18.0. The number of carbonyl (C=O) groups excluding carboxylic acids is 3. The Bertz CT molecular complexity index is 967. The Balaban J connectivity index is 1.72. The van der Waals surface area contributed by atoms with E-state index in [-0.39, 0.29) is 41.8 Å². The summed E-state index contributed by atoms with van der Waals surface area (Å²) in [5.41, 5.74) is 0.610. The molecule has 0 spiro atoms. The van der Waals surface area contributed by atoms with Crippen molar-refractivity contribution in [2.45, 2.75) is 18.9 Å². The number of anilines is 1. The first-order chi connectivity index (χ1) is 14.3. The van der Waals surface area contributed by atoms with Crippen LogP contribution in [0.25, 0.3) is 0 Å². The minimum Gasteiger partial charge on any atom is -0.454 e. The molecular weight excluding hydrogens is 456 g/mol. The van der Waals surface area contributed by atoms with Gasteiger partial charge in [0.05, 0.1) is 21.7 Å². The zero-order chi connectivity index (χ0) is 21.8. The van der Waals surface area contributed by atoms with Gasteiger partial charge in [-0.3, -0.25) is 14.4 Å². The van der Waals surface area contributed by atoms with Crippen molar-refractivity contribution in [3.63, 3.8) is 0 Å². The highest BCUT2D eigenvalue weighted by molar-refractivity contribution is 6.44. The minimum absolute atomic E-state index is 0.0516. The lowest BCUT2D eigenvalue weighted by molar-refractivity contribution is -0.151. The maximum atomic E-state index is 13.1. The van der Waals surface area contributed by atoms with E-state index >= 15 is 0 Å². The number of rotatable bonds is 7. The zero-order valence-corrected chi connectivity index (χ0v) is 17.9. The lowest BCUT2D eigenvalue weighted by Crippen LogP contribution is -2.32. The van der Waals surface area contributed by atoms with Gasteiger partial charge in [0.25, 0.3) is 0 Å². The van der Waals surface area contributed by atoms with Crippen LogP contribution in [0.2, 0.25) is 10.0 Å². The van der Waals surface area contributed by atoms with Gasteiger partial charge in [-0.2, -0.15) is 0 Å². The fourth-order valence-electron chi connectivity index (χ4n) is 3.18. The van der Waals surface area contributed by atoms with Crippen LogP contribution in [0.3, 0.4) is 0 Å². The molecule has 1 saturated heterocycles. The Hall–Kier alpha value is -2.15.